The van der Waals surface area contributed by atoms with Crippen molar-refractivity contribution in [2.75, 3.05) is 12.4 Å². The third-order valence-electron chi connectivity index (χ3n) is 3.07. The molecule has 1 atom stereocenters. The zero-order chi connectivity index (χ0) is 14.5. The Bertz CT molecular complexity index is 590. The van der Waals surface area contributed by atoms with Crippen LogP contribution < -0.4 is 10.1 Å². The van der Waals surface area contributed by atoms with E-state index in [1.54, 1.807) is 19.4 Å². The lowest BCUT2D eigenvalue weighted by atomic mass is 10.0. The predicted molar refractivity (Wildman–Crippen MR) is 83.3 cm³/mol. The molecule has 0 aliphatic rings. The summed E-state index contributed by atoms with van der Waals surface area (Å²) >= 11 is 3.43. The van der Waals surface area contributed by atoms with Gasteiger partial charge in [-0.3, -0.25) is 0 Å². The Hall–Kier alpha value is -1.75. The van der Waals surface area contributed by atoms with E-state index in [1.165, 1.54) is 0 Å². The van der Waals surface area contributed by atoms with Gasteiger partial charge in [0.05, 0.1) is 18.8 Å². The number of methoxy groups -OCH3 is 1. The second kappa shape index (κ2) is 6.61. The maximum absolute atomic E-state index is 10.0. The summed E-state index contributed by atoms with van der Waals surface area (Å²) in [6.45, 7) is 2.06. The molecule has 2 N–H and O–H groups in total. The number of benzene rings is 1. The number of rotatable bonds is 5. The highest BCUT2D eigenvalue weighted by atomic mass is 79.9. The van der Waals surface area contributed by atoms with E-state index in [0.29, 0.717) is 5.88 Å². The first kappa shape index (κ1) is 14.7. The number of anilines is 1. The number of phenolic OH excluding ortho intramolecular Hbond substituents is 1. The summed E-state index contributed by atoms with van der Waals surface area (Å²) in [4.78, 5) is 4.16. The second-order valence-electron chi connectivity index (χ2n) is 4.37. The van der Waals surface area contributed by atoms with Crippen molar-refractivity contribution in [2.24, 2.45) is 0 Å². The van der Waals surface area contributed by atoms with Crippen molar-refractivity contribution in [1.29, 1.82) is 0 Å². The molecule has 0 bridgehead atoms. The van der Waals surface area contributed by atoms with Crippen LogP contribution in [0.2, 0.25) is 0 Å². The predicted octanol–water partition coefficient (Wildman–Crippen LogP) is 4.12. The summed E-state index contributed by atoms with van der Waals surface area (Å²) in [6.07, 6.45) is 2.50. The average molecular weight is 337 g/mol. The second-order valence-corrected chi connectivity index (χ2v) is 5.28. The molecule has 0 amide bonds. The molecule has 0 fully saturated rings. The van der Waals surface area contributed by atoms with Crippen LogP contribution in [0.5, 0.6) is 11.6 Å². The summed E-state index contributed by atoms with van der Waals surface area (Å²) in [5, 5.41) is 13.4. The number of aromatic hydroxyl groups is 1. The first-order valence-electron chi connectivity index (χ1n) is 6.39. The van der Waals surface area contributed by atoms with Crippen molar-refractivity contribution < 1.29 is 9.84 Å². The van der Waals surface area contributed by atoms with Crippen molar-refractivity contribution in [3.8, 4) is 11.6 Å². The largest absolute Gasteiger partial charge is 0.508 e. The van der Waals surface area contributed by atoms with E-state index in [-0.39, 0.29) is 11.8 Å². The molecule has 106 valence electrons. The maximum Gasteiger partial charge on any atom is 0.237 e. The number of ether oxygens (including phenoxy) is 1. The Morgan fingerprint density at radius 2 is 2.20 bits per heavy atom. The Kier molecular flexibility index (Phi) is 4.84. The van der Waals surface area contributed by atoms with E-state index in [0.717, 1.165) is 22.1 Å². The molecule has 1 unspecified atom stereocenters. The minimum Gasteiger partial charge on any atom is -0.508 e. The molecule has 0 aliphatic carbocycles. The van der Waals surface area contributed by atoms with Crippen molar-refractivity contribution in [3.63, 3.8) is 0 Å². The number of halogens is 1. The number of nitrogens with one attached hydrogen (secondary N) is 1. The average Bonchev–Trinajstić information content (AvgIpc) is 2.48. The van der Waals surface area contributed by atoms with Gasteiger partial charge in [-0.2, -0.15) is 0 Å². The van der Waals surface area contributed by atoms with E-state index in [4.69, 9.17) is 4.74 Å². The Balaban J connectivity index is 2.31. The molecule has 0 saturated heterocycles. The first-order valence-corrected chi connectivity index (χ1v) is 7.19. The minimum atomic E-state index is -0.0226. The molecule has 1 aromatic carbocycles. The van der Waals surface area contributed by atoms with Crippen LogP contribution in [0.25, 0.3) is 0 Å². The SMILES string of the molecule is CCC(Nc1cccnc1OC)c1cc(Br)ccc1O. The van der Waals surface area contributed by atoms with Crippen molar-refractivity contribution in [3.05, 3.63) is 46.6 Å². The van der Waals surface area contributed by atoms with E-state index >= 15 is 0 Å². The fourth-order valence-electron chi connectivity index (χ4n) is 2.06. The highest BCUT2D eigenvalue weighted by Crippen LogP contribution is 2.33. The van der Waals surface area contributed by atoms with Crippen molar-refractivity contribution >= 4 is 21.6 Å². The summed E-state index contributed by atoms with van der Waals surface area (Å²) in [5.41, 5.74) is 1.65. The number of aromatic nitrogens is 1. The molecule has 0 aliphatic heterocycles. The van der Waals surface area contributed by atoms with Gasteiger partial charge in [0, 0.05) is 16.2 Å². The summed E-state index contributed by atoms with van der Waals surface area (Å²) < 4.78 is 6.17. The number of nitrogens with zero attached hydrogens (tertiary/aromatic N) is 1. The minimum absolute atomic E-state index is 0.0226. The molecule has 2 aromatic rings. The molecule has 2 rings (SSSR count). The van der Waals surface area contributed by atoms with Crippen molar-refractivity contribution in [1.82, 2.24) is 4.98 Å². The monoisotopic (exact) mass is 336 g/mol. The summed E-state index contributed by atoms with van der Waals surface area (Å²) in [6, 6.07) is 9.15. The molecular formula is C15H17BrN2O2. The number of hydrogen-bond donors (Lipinski definition) is 2. The lowest BCUT2D eigenvalue weighted by Gasteiger charge is -2.21. The highest BCUT2D eigenvalue weighted by molar-refractivity contribution is 9.10. The van der Waals surface area contributed by atoms with Gasteiger partial charge in [0.25, 0.3) is 0 Å². The molecule has 0 spiro atoms. The Morgan fingerprint density at radius 3 is 2.90 bits per heavy atom. The maximum atomic E-state index is 10.0. The van der Waals surface area contributed by atoms with Crippen LogP contribution >= 0.6 is 15.9 Å². The Morgan fingerprint density at radius 1 is 1.40 bits per heavy atom. The molecule has 5 heteroatoms. The number of hydrogen-bond acceptors (Lipinski definition) is 4. The van der Waals surface area contributed by atoms with Gasteiger partial charge >= 0.3 is 0 Å². The van der Waals surface area contributed by atoms with Crippen LogP contribution in [-0.4, -0.2) is 17.2 Å². The quantitative estimate of drug-likeness (QED) is 0.862. The van der Waals surface area contributed by atoms with Crippen molar-refractivity contribution in [2.45, 2.75) is 19.4 Å². The zero-order valence-corrected chi connectivity index (χ0v) is 13.0. The highest BCUT2D eigenvalue weighted by Gasteiger charge is 2.16. The fraction of sp³-hybridized carbons (Fsp3) is 0.267. The van der Waals surface area contributed by atoms with E-state index in [2.05, 4.69) is 33.2 Å². The van der Waals surface area contributed by atoms with Gasteiger partial charge in [-0.1, -0.05) is 22.9 Å². The number of phenols is 1. The molecule has 1 aromatic heterocycles. The van der Waals surface area contributed by atoms with Crippen LogP contribution in [-0.2, 0) is 0 Å². The molecule has 0 saturated carbocycles. The van der Waals surface area contributed by atoms with E-state index in [9.17, 15) is 5.11 Å². The number of pyridine rings is 1. The van der Waals surface area contributed by atoms with Gasteiger partial charge in [0.1, 0.15) is 5.75 Å². The van der Waals surface area contributed by atoms with Crippen LogP contribution in [0, 0.1) is 0 Å². The molecule has 1 heterocycles. The van der Waals surface area contributed by atoms with E-state index in [1.807, 2.05) is 24.3 Å². The topological polar surface area (TPSA) is 54.4 Å². The van der Waals surface area contributed by atoms with Crippen LogP contribution in [0.4, 0.5) is 5.69 Å². The lowest BCUT2D eigenvalue weighted by Crippen LogP contribution is -2.11. The van der Waals surface area contributed by atoms with Gasteiger partial charge < -0.3 is 15.2 Å². The van der Waals surface area contributed by atoms with E-state index < -0.39 is 0 Å². The third kappa shape index (κ3) is 3.22. The Labute approximate surface area is 126 Å². The van der Waals surface area contributed by atoms with Gasteiger partial charge in [-0.25, -0.2) is 4.98 Å². The fourth-order valence-corrected chi connectivity index (χ4v) is 2.43. The van der Waals surface area contributed by atoms with Gasteiger partial charge in [-0.15, -0.1) is 0 Å². The normalized spacial score (nSPS) is 11.9. The van der Waals surface area contributed by atoms with Gasteiger partial charge in [0.2, 0.25) is 5.88 Å². The van der Waals surface area contributed by atoms with Crippen LogP contribution in [0.3, 0.4) is 0 Å². The summed E-state index contributed by atoms with van der Waals surface area (Å²) in [7, 11) is 1.59. The third-order valence-corrected chi connectivity index (χ3v) is 3.56. The van der Waals surface area contributed by atoms with Crippen LogP contribution in [0.1, 0.15) is 24.9 Å². The molecular weight excluding hydrogens is 320 g/mol. The summed E-state index contributed by atoms with van der Waals surface area (Å²) in [5.74, 6) is 0.816. The molecule has 0 radical (unpaired) electrons. The molecule has 20 heavy (non-hydrogen) atoms. The smallest absolute Gasteiger partial charge is 0.237 e. The van der Waals surface area contributed by atoms with Gasteiger partial charge in [0.15, 0.2) is 0 Å². The van der Waals surface area contributed by atoms with Crippen LogP contribution in [0.15, 0.2) is 41.0 Å². The standard InChI is InChI=1S/C15H17BrN2O2/c1-3-12(11-9-10(16)6-7-14(11)19)18-13-5-4-8-17-15(13)20-2/h4-9,12,18-19H,3H2,1-2H3. The van der Waals surface area contributed by atoms with Gasteiger partial charge in [-0.05, 0) is 36.8 Å². The zero-order valence-electron chi connectivity index (χ0n) is 11.4. The molecule has 4 nitrogen and oxygen atoms in total. The lowest BCUT2D eigenvalue weighted by molar-refractivity contribution is 0.399. The first-order chi connectivity index (χ1) is 9.65.